The van der Waals surface area contributed by atoms with Crippen LogP contribution in [0.2, 0.25) is 0 Å². The molecule has 2 rings (SSSR count). The second-order valence-electron chi connectivity index (χ2n) is 5.28. The Morgan fingerprint density at radius 1 is 1.67 bits per heavy atom. The third-order valence-electron chi connectivity index (χ3n) is 3.28. The van der Waals surface area contributed by atoms with Gasteiger partial charge in [-0.2, -0.15) is 0 Å². The van der Waals surface area contributed by atoms with E-state index in [1.807, 2.05) is 18.0 Å². The van der Waals surface area contributed by atoms with Crippen LogP contribution in [0.25, 0.3) is 0 Å². The van der Waals surface area contributed by atoms with Gasteiger partial charge < -0.3 is 14.7 Å². The summed E-state index contributed by atoms with van der Waals surface area (Å²) < 4.78 is 4.82. The van der Waals surface area contributed by atoms with Gasteiger partial charge >= 0.3 is 0 Å². The summed E-state index contributed by atoms with van der Waals surface area (Å²) >= 11 is 0. The molecule has 5 nitrogen and oxygen atoms in total. The minimum Gasteiger partial charge on any atom is -0.364 e. The molecule has 1 unspecified atom stereocenters. The van der Waals surface area contributed by atoms with Gasteiger partial charge in [-0.25, -0.2) is 0 Å². The van der Waals surface area contributed by atoms with Crippen LogP contribution in [0.3, 0.4) is 0 Å². The molecule has 0 aliphatic heterocycles. The topological polar surface area (TPSA) is 53.7 Å². The van der Waals surface area contributed by atoms with Crippen molar-refractivity contribution in [2.45, 2.75) is 32.9 Å². The number of aliphatic imine (C=N–C) groups is 1. The summed E-state index contributed by atoms with van der Waals surface area (Å²) in [5.41, 5.74) is 1.30. The lowest BCUT2D eigenvalue weighted by Crippen LogP contribution is -2.40. The van der Waals surface area contributed by atoms with Gasteiger partial charge in [-0.15, -0.1) is 24.0 Å². The molecule has 6 heteroatoms. The molecule has 1 N–H and O–H groups in total. The molecule has 1 fully saturated rings. The largest absolute Gasteiger partial charge is 0.364 e. The maximum Gasteiger partial charge on any atom is 0.193 e. The van der Waals surface area contributed by atoms with Crippen LogP contribution >= 0.6 is 24.0 Å². The predicted molar refractivity (Wildman–Crippen MR) is 82.1 cm³/mol. The first kappa shape index (κ1) is 15.3. The lowest BCUT2D eigenvalue weighted by atomic mass is 10.2. The van der Waals surface area contributed by atoms with Gasteiger partial charge in [0.15, 0.2) is 5.96 Å². The highest BCUT2D eigenvalue weighted by molar-refractivity contribution is 14.0. The van der Waals surface area contributed by atoms with E-state index in [0.717, 1.165) is 11.7 Å². The van der Waals surface area contributed by atoms with E-state index in [0.29, 0.717) is 18.0 Å². The molecule has 1 aromatic rings. The van der Waals surface area contributed by atoms with Crippen molar-refractivity contribution in [1.82, 2.24) is 15.4 Å². The Bertz CT molecular complexity index is 402. The van der Waals surface area contributed by atoms with Crippen molar-refractivity contribution >= 4 is 29.9 Å². The fraction of sp³-hybridized carbons (Fsp3) is 0.667. The lowest BCUT2D eigenvalue weighted by molar-refractivity contribution is 0.390. The smallest absolute Gasteiger partial charge is 0.193 e. The van der Waals surface area contributed by atoms with E-state index in [4.69, 9.17) is 4.52 Å². The van der Waals surface area contributed by atoms with Crippen molar-refractivity contribution in [1.29, 1.82) is 0 Å². The van der Waals surface area contributed by atoms with E-state index in [1.165, 1.54) is 6.42 Å². The zero-order valence-corrected chi connectivity index (χ0v) is 13.6. The second kappa shape index (κ2) is 5.90. The van der Waals surface area contributed by atoms with Gasteiger partial charge in [-0.1, -0.05) is 19.0 Å². The quantitative estimate of drug-likeness (QED) is 0.507. The monoisotopic (exact) mass is 364 g/mol. The molecule has 1 atom stereocenters. The number of nitrogens with zero attached hydrogens (tertiary/aromatic N) is 3. The fourth-order valence-corrected chi connectivity index (χ4v) is 1.85. The van der Waals surface area contributed by atoms with Crippen molar-refractivity contribution in [2.24, 2.45) is 10.4 Å². The van der Waals surface area contributed by atoms with Crippen LogP contribution in [0.15, 0.2) is 21.8 Å². The zero-order chi connectivity index (χ0) is 12.5. The van der Waals surface area contributed by atoms with Crippen LogP contribution in [0.5, 0.6) is 0 Å². The Morgan fingerprint density at radius 2 is 2.33 bits per heavy atom. The first-order valence-corrected chi connectivity index (χ1v) is 5.86. The standard InChI is InChI=1S/C12H20N4O.HI/c1-12(2)7-10(12)14-11(13-3)16(4)8-9-5-6-17-15-9;/h5-6,10H,7-8H2,1-4H3,(H,13,14);1H. The van der Waals surface area contributed by atoms with Crippen molar-refractivity contribution in [2.75, 3.05) is 14.1 Å². The summed E-state index contributed by atoms with van der Waals surface area (Å²) in [6.07, 6.45) is 2.78. The second-order valence-corrected chi connectivity index (χ2v) is 5.28. The van der Waals surface area contributed by atoms with E-state index in [-0.39, 0.29) is 24.0 Å². The highest BCUT2D eigenvalue weighted by Gasteiger charge is 2.46. The number of hydrogen-bond acceptors (Lipinski definition) is 3. The first-order valence-electron chi connectivity index (χ1n) is 5.86. The SMILES string of the molecule is CN=C(NC1CC1(C)C)N(C)Cc1ccon1.I. The molecule has 0 bridgehead atoms. The minimum atomic E-state index is 0. The fourth-order valence-electron chi connectivity index (χ4n) is 1.85. The molecule has 1 aliphatic rings. The van der Waals surface area contributed by atoms with Crippen LogP contribution in [-0.4, -0.2) is 36.2 Å². The minimum absolute atomic E-state index is 0. The van der Waals surface area contributed by atoms with E-state index in [2.05, 4.69) is 29.3 Å². The van der Waals surface area contributed by atoms with Gasteiger partial charge in [0.05, 0.1) is 6.54 Å². The van der Waals surface area contributed by atoms with Crippen LogP contribution in [0.1, 0.15) is 26.0 Å². The Balaban J connectivity index is 0.00000162. The molecule has 1 aliphatic carbocycles. The molecule has 1 saturated carbocycles. The highest BCUT2D eigenvalue weighted by atomic mass is 127. The van der Waals surface area contributed by atoms with Crippen LogP contribution < -0.4 is 5.32 Å². The highest BCUT2D eigenvalue weighted by Crippen LogP contribution is 2.44. The maximum absolute atomic E-state index is 4.82. The van der Waals surface area contributed by atoms with Crippen LogP contribution in [-0.2, 0) is 6.54 Å². The molecule has 0 amide bonds. The predicted octanol–water partition coefficient (Wildman–Crippen LogP) is 2.10. The van der Waals surface area contributed by atoms with Gasteiger partial charge in [0, 0.05) is 26.2 Å². The number of guanidine groups is 1. The Kier molecular flexibility index (Phi) is 5.01. The number of nitrogens with one attached hydrogen (secondary N) is 1. The summed E-state index contributed by atoms with van der Waals surface area (Å²) in [5, 5.41) is 7.36. The molecule has 0 saturated heterocycles. The summed E-state index contributed by atoms with van der Waals surface area (Å²) in [6.45, 7) is 5.22. The normalized spacial score (nSPS) is 21.1. The average Bonchev–Trinajstić information content (AvgIpc) is 2.67. The molecular weight excluding hydrogens is 343 g/mol. The van der Waals surface area contributed by atoms with Crippen LogP contribution in [0, 0.1) is 5.41 Å². The number of aromatic nitrogens is 1. The number of rotatable bonds is 3. The Morgan fingerprint density at radius 3 is 2.78 bits per heavy atom. The van der Waals surface area contributed by atoms with Gasteiger partial charge in [0.2, 0.25) is 0 Å². The van der Waals surface area contributed by atoms with Gasteiger partial charge in [-0.05, 0) is 11.8 Å². The molecular formula is C12H21IN4O. The first-order chi connectivity index (χ1) is 8.03. The molecule has 0 radical (unpaired) electrons. The van der Waals surface area contributed by atoms with Crippen molar-refractivity contribution in [3.8, 4) is 0 Å². The number of hydrogen-bond donors (Lipinski definition) is 1. The molecule has 102 valence electrons. The molecule has 0 aromatic carbocycles. The Hall–Kier alpha value is -0.790. The average molecular weight is 364 g/mol. The maximum atomic E-state index is 4.82. The molecule has 1 aromatic heterocycles. The van der Waals surface area contributed by atoms with E-state index in [1.54, 1.807) is 13.3 Å². The Labute approximate surface area is 125 Å². The van der Waals surface area contributed by atoms with E-state index >= 15 is 0 Å². The summed E-state index contributed by atoms with van der Waals surface area (Å²) in [4.78, 5) is 6.34. The summed E-state index contributed by atoms with van der Waals surface area (Å²) in [5.74, 6) is 0.906. The third kappa shape index (κ3) is 3.60. The summed E-state index contributed by atoms with van der Waals surface area (Å²) in [7, 11) is 3.80. The third-order valence-corrected chi connectivity index (χ3v) is 3.28. The van der Waals surface area contributed by atoms with E-state index < -0.39 is 0 Å². The van der Waals surface area contributed by atoms with Gasteiger partial charge in [0.25, 0.3) is 0 Å². The molecule has 0 spiro atoms. The molecule has 18 heavy (non-hydrogen) atoms. The van der Waals surface area contributed by atoms with Crippen LogP contribution in [0.4, 0.5) is 0 Å². The van der Waals surface area contributed by atoms with Crippen molar-refractivity contribution in [3.63, 3.8) is 0 Å². The number of halogens is 1. The lowest BCUT2D eigenvalue weighted by Gasteiger charge is -2.21. The van der Waals surface area contributed by atoms with E-state index in [9.17, 15) is 0 Å². The summed E-state index contributed by atoms with van der Waals surface area (Å²) in [6, 6.07) is 2.39. The van der Waals surface area contributed by atoms with Gasteiger partial charge in [0.1, 0.15) is 12.0 Å². The zero-order valence-electron chi connectivity index (χ0n) is 11.3. The molecule has 1 heterocycles. The van der Waals surface area contributed by atoms with Gasteiger partial charge in [-0.3, -0.25) is 4.99 Å². The van der Waals surface area contributed by atoms with Crippen molar-refractivity contribution in [3.05, 3.63) is 18.0 Å². The van der Waals surface area contributed by atoms with Crippen molar-refractivity contribution < 1.29 is 4.52 Å².